The lowest BCUT2D eigenvalue weighted by Gasteiger charge is -2.09. The van der Waals surface area contributed by atoms with E-state index in [-0.39, 0.29) is 18.2 Å². The van der Waals surface area contributed by atoms with Crippen LogP contribution in [0.25, 0.3) is 0 Å². The summed E-state index contributed by atoms with van der Waals surface area (Å²) in [6.07, 6.45) is 1.75. The Morgan fingerprint density at radius 1 is 1.26 bits per heavy atom. The number of rotatable bonds is 6. The molecule has 0 fully saturated rings. The molecule has 0 unspecified atom stereocenters. The van der Waals surface area contributed by atoms with Crippen molar-refractivity contribution in [2.75, 3.05) is 11.9 Å². The van der Waals surface area contributed by atoms with Crippen LogP contribution >= 0.6 is 11.6 Å². The molecule has 0 heterocycles. The summed E-state index contributed by atoms with van der Waals surface area (Å²) in [5, 5.41) is 5.98. The van der Waals surface area contributed by atoms with E-state index in [0.29, 0.717) is 17.3 Å². The van der Waals surface area contributed by atoms with Gasteiger partial charge in [0.1, 0.15) is 6.42 Å². The van der Waals surface area contributed by atoms with Gasteiger partial charge in [0, 0.05) is 17.3 Å². The zero-order chi connectivity index (χ0) is 14.3. The Kier molecular flexibility index (Phi) is 6.36. The second kappa shape index (κ2) is 7.79. The maximum Gasteiger partial charge on any atom is 0.233 e. The smallest absolute Gasteiger partial charge is 0.233 e. The molecule has 104 valence electrons. The summed E-state index contributed by atoms with van der Waals surface area (Å²) >= 11 is 5.96. The number of hydrogen-bond acceptors (Lipinski definition) is 2. The number of nitrogens with one attached hydrogen (secondary N) is 2. The Hall–Kier alpha value is -1.55. The molecule has 1 rings (SSSR count). The van der Waals surface area contributed by atoms with E-state index in [2.05, 4.69) is 10.6 Å². The molecular formula is C14H19ClN2O2. The Bertz CT molecular complexity index is 461. The Balaban J connectivity index is 2.47. The third-order valence-electron chi connectivity index (χ3n) is 2.72. The van der Waals surface area contributed by atoms with E-state index in [1.165, 1.54) is 0 Å². The molecule has 19 heavy (non-hydrogen) atoms. The Morgan fingerprint density at radius 3 is 2.68 bits per heavy atom. The summed E-state index contributed by atoms with van der Waals surface area (Å²) in [5.41, 5.74) is 1.43. The van der Waals surface area contributed by atoms with E-state index < -0.39 is 0 Å². The average Bonchev–Trinajstić information content (AvgIpc) is 2.35. The fourth-order valence-corrected chi connectivity index (χ4v) is 1.72. The van der Waals surface area contributed by atoms with Crippen molar-refractivity contribution in [1.29, 1.82) is 0 Å². The van der Waals surface area contributed by atoms with Gasteiger partial charge in [-0.3, -0.25) is 9.59 Å². The van der Waals surface area contributed by atoms with Crippen LogP contribution in [0.15, 0.2) is 18.2 Å². The normalized spacial score (nSPS) is 10.1. The van der Waals surface area contributed by atoms with Gasteiger partial charge >= 0.3 is 0 Å². The predicted octanol–water partition coefficient (Wildman–Crippen LogP) is 2.89. The molecule has 0 saturated heterocycles. The molecule has 5 heteroatoms. The van der Waals surface area contributed by atoms with Gasteiger partial charge in [0.15, 0.2) is 0 Å². The van der Waals surface area contributed by atoms with E-state index in [1.807, 2.05) is 13.8 Å². The molecule has 0 aromatic heterocycles. The van der Waals surface area contributed by atoms with Crippen LogP contribution in [0.2, 0.25) is 5.02 Å². The highest BCUT2D eigenvalue weighted by Crippen LogP contribution is 2.22. The van der Waals surface area contributed by atoms with E-state index in [9.17, 15) is 9.59 Å². The van der Waals surface area contributed by atoms with Gasteiger partial charge in [0.25, 0.3) is 0 Å². The van der Waals surface area contributed by atoms with E-state index in [4.69, 9.17) is 11.6 Å². The lowest BCUT2D eigenvalue weighted by Crippen LogP contribution is -2.28. The Morgan fingerprint density at radius 2 is 2.00 bits per heavy atom. The van der Waals surface area contributed by atoms with Crippen molar-refractivity contribution in [2.45, 2.75) is 33.1 Å². The molecule has 0 atom stereocenters. The van der Waals surface area contributed by atoms with Gasteiger partial charge in [0.05, 0.1) is 0 Å². The summed E-state index contributed by atoms with van der Waals surface area (Å²) in [5.74, 6) is -0.593. The largest absolute Gasteiger partial charge is 0.356 e. The van der Waals surface area contributed by atoms with Crippen LogP contribution in [-0.4, -0.2) is 18.4 Å². The molecule has 0 aliphatic heterocycles. The number of halogens is 1. The first-order valence-electron chi connectivity index (χ1n) is 6.36. The quantitative estimate of drug-likeness (QED) is 0.623. The molecule has 0 saturated carbocycles. The van der Waals surface area contributed by atoms with Crippen molar-refractivity contribution < 1.29 is 9.59 Å². The summed E-state index contributed by atoms with van der Waals surface area (Å²) in [6, 6.07) is 5.27. The SMILES string of the molecule is CCCCNC(=O)CC(=O)Nc1cccc(Cl)c1C. The number of unbranched alkanes of at least 4 members (excludes halogenated alkanes) is 1. The van der Waals surface area contributed by atoms with Crippen molar-refractivity contribution in [3.63, 3.8) is 0 Å². The van der Waals surface area contributed by atoms with Crippen LogP contribution < -0.4 is 10.6 Å². The molecule has 1 aromatic carbocycles. The topological polar surface area (TPSA) is 58.2 Å². The van der Waals surface area contributed by atoms with Crippen molar-refractivity contribution in [3.05, 3.63) is 28.8 Å². The lowest BCUT2D eigenvalue weighted by atomic mass is 10.2. The molecule has 4 nitrogen and oxygen atoms in total. The Labute approximate surface area is 118 Å². The minimum absolute atomic E-state index is 0.171. The molecule has 0 aliphatic rings. The minimum atomic E-state index is -0.334. The molecular weight excluding hydrogens is 264 g/mol. The molecule has 1 aromatic rings. The van der Waals surface area contributed by atoms with Crippen LogP contribution in [0, 0.1) is 6.92 Å². The number of carbonyl (C=O) groups excluding carboxylic acids is 2. The maximum absolute atomic E-state index is 11.7. The fourth-order valence-electron chi connectivity index (χ4n) is 1.55. The number of hydrogen-bond donors (Lipinski definition) is 2. The standard InChI is InChI=1S/C14H19ClN2O2/c1-3-4-8-16-13(18)9-14(19)17-12-7-5-6-11(15)10(12)2/h5-7H,3-4,8-9H2,1-2H3,(H,16,18)(H,17,19). The highest BCUT2D eigenvalue weighted by atomic mass is 35.5. The van der Waals surface area contributed by atoms with Crippen LogP contribution in [0.5, 0.6) is 0 Å². The summed E-state index contributed by atoms with van der Waals surface area (Å²) < 4.78 is 0. The highest BCUT2D eigenvalue weighted by Gasteiger charge is 2.10. The minimum Gasteiger partial charge on any atom is -0.356 e. The van der Waals surface area contributed by atoms with Crippen molar-refractivity contribution >= 4 is 29.1 Å². The zero-order valence-electron chi connectivity index (χ0n) is 11.3. The van der Waals surface area contributed by atoms with Gasteiger partial charge in [-0.25, -0.2) is 0 Å². The van der Waals surface area contributed by atoms with E-state index in [0.717, 1.165) is 18.4 Å². The second-order valence-electron chi connectivity index (χ2n) is 4.34. The van der Waals surface area contributed by atoms with Gasteiger partial charge < -0.3 is 10.6 Å². The number of amides is 2. The van der Waals surface area contributed by atoms with Gasteiger partial charge in [0.2, 0.25) is 11.8 Å². The molecule has 0 spiro atoms. The van der Waals surface area contributed by atoms with E-state index >= 15 is 0 Å². The molecule has 2 amide bonds. The first-order valence-corrected chi connectivity index (χ1v) is 6.74. The third kappa shape index (κ3) is 5.30. The van der Waals surface area contributed by atoms with Crippen LogP contribution in [-0.2, 0) is 9.59 Å². The number of carbonyl (C=O) groups is 2. The lowest BCUT2D eigenvalue weighted by molar-refractivity contribution is -0.126. The summed E-state index contributed by atoms with van der Waals surface area (Å²) in [7, 11) is 0. The number of anilines is 1. The van der Waals surface area contributed by atoms with Crippen LogP contribution in [0.1, 0.15) is 31.7 Å². The highest BCUT2D eigenvalue weighted by molar-refractivity contribution is 6.31. The third-order valence-corrected chi connectivity index (χ3v) is 3.12. The van der Waals surface area contributed by atoms with Gasteiger partial charge in [-0.1, -0.05) is 31.0 Å². The summed E-state index contributed by atoms with van der Waals surface area (Å²) in [6.45, 7) is 4.47. The van der Waals surface area contributed by atoms with Gasteiger partial charge in [-0.2, -0.15) is 0 Å². The fraction of sp³-hybridized carbons (Fsp3) is 0.429. The van der Waals surface area contributed by atoms with Gasteiger partial charge in [-0.05, 0) is 31.0 Å². The first-order chi connectivity index (χ1) is 9.04. The van der Waals surface area contributed by atoms with Crippen molar-refractivity contribution in [1.82, 2.24) is 5.32 Å². The van der Waals surface area contributed by atoms with Crippen molar-refractivity contribution in [2.24, 2.45) is 0 Å². The maximum atomic E-state index is 11.7. The van der Waals surface area contributed by atoms with Crippen molar-refractivity contribution in [3.8, 4) is 0 Å². The van der Waals surface area contributed by atoms with Crippen LogP contribution in [0.3, 0.4) is 0 Å². The number of benzene rings is 1. The monoisotopic (exact) mass is 282 g/mol. The molecule has 0 bridgehead atoms. The molecule has 0 radical (unpaired) electrons. The first kappa shape index (κ1) is 15.5. The summed E-state index contributed by atoms with van der Waals surface area (Å²) in [4.78, 5) is 23.2. The average molecular weight is 283 g/mol. The molecule has 0 aliphatic carbocycles. The van der Waals surface area contributed by atoms with Gasteiger partial charge in [-0.15, -0.1) is 0 Å². The van der Waals surface area contributed by atoms with E-state index in [1.54, 1.807) is 18.2 Å². The second-order valence-corrected chi connectivity index (χ2v) is 4.75. The van der Waals surface area contributed by atoms with Crippen LogP contribution in [0.4, 0.5) is 5.69 Å². The molecule has 2 N–H and O–H groups in total. The predicted molar refractivity (Wildman–Crippen MR) is 77.4 cm³/mol. The zero-order valence-corrected chi connectivity index (χ0v) is 12.0.